The molecule has 0 aliphatic heterocycles. The summed E-state index contributed by atoms with van der Waals surface area (Å²) in [6.07, 6.45) is 5.61. The van der Waals surface area contributed by atoms with Crippen LogP contribution < -0.4 is 21.9 Å². The lowest BCUT2D eigenvalue weighted by molar-refractivity contribution is -0.105. The van der Waals surface area contributed by atoms with E-state index in [1.807, 2.05) is 0 Å². The van der Waals surface area contributed by atoms with E-state index in [0.717, 1.165) is 12.8 Å². The highest BCUT2D eigenvalue weighted by molar-refractivity contribution is 5.71. The Labute approximate surface area is 113 Å². The number of hydrazine groups is 1. The van der Waals surface area contributed by atoms with E-state index in [0.29, 0.717) is 29.5 Å². The minimum Gasteiger partial charge on any atom is -0.401 e. The number of allylic oxidation sites excluding steroid dienone is 1. The zero-order valence-electron chi connectivity index (χ0n) is 11.3. The number of amides is 1. The first-order valence-corrected chi connectivity index (χ1v) is 6.19. The molecule has 1 aromatic rings. The molecule has 1 amide bonds. The summed E-state index contributed by atoms with van der Waals surface area (Å²) in [5, 5.41) is 3.88. The lowest BCUT2D eigenvalue weighted by Crippen LogP contribution is -2.27. The van der Waals surface area contributed by atoms with Crippen LogP contribution in [0, 0.1) is 5.92 Å². The Balaban J connectivity index is 2.63. The number of hydrogen-bond acceptors (Lipinski definition) is 5. The van der Waals surface area contributed by atoms with Crippen LogP contribution in [0.2, 0.25) is 0 Å². The van der Waals surface area contributed by atoms with Gasteiger partial charge in [0.2, 0.25) is 6.41 Å². The van der Waals surface area contributed by atoms with Crippen molar-refractivity contribution < 1.29 is 4.79 Å². The van der Waals surface area contributed by atoms with Crippen LogP contribution in [0.5, 0.6) is 0 Å². The third-order valence-corrected chi connectivity index (χ3v) is 2.55. The van der Waals surface area contributed by atoms with Gasteiger partial charge in [-0.25, -0.2) is 10.8 Å². The molecular formula is C13H21N5O. The SMILES string of the molecule is CC(C)CC/C(N)=C/N(N)c1ccc(NC=O)cn1. The second-order valence-electron chi connectivity index (χ2n) is 4.71. The number of hydrogen-bond donors (Lipinski definition) is 3. The molecule has 0 radical (unpaired) electrons. The van der Waals surface area contributed by atoms with Gasteiger partial charge < -0.3 is 11.1 Å². The van der Waals surface area contributed by atoms with Crippen molar-refractivity contribution in [1.82, 2.24) is 4.98 Å². The maximum absolute atomic E-state index is 10.3. The Morgan fingerprint density at radius 2 is 2.26 bits per heavy atom. The number of carbonyl (C=O) groups excluding carboxylic acids is 1. The van der Waals surface area contributed by atoms with Crippen molar-refractivity contribution in [2.24, 2.45) is 17.5 Å². The predicted octanol–water partition coefficient (Wildman–Crippen LogP) is 1.57. The van der Waals surface area contributed by atoms with E-state index in [4.69, 9.17) is 11.6 Å². The van der Waals surface area contributed by atoms with Crippen molar-refractivity contribution in [2.45, 2.75) is 26.7 Å². The Bertz CT molecular complexity index is 427. The third kappa shape index (κ3) is 5.39. The van der Waals surface area contributed by atoms with Crippen molar-refractivity contribution in [2.75, 3.05) is 10.3 Å². The average molecular weight is 263 g/mol. The molecule has 6 nitrogen and oxygen atoms in total. The van der Waals surface area contributed by atoms with Gasteiger partial charge in [0.25, 0.3) is 0 Å². The third-order valence-electron chi connectivity index (χ3n) is 2.55. The molecule has 19 heavy (non-hydrogen) atoms. The number of anilines is 2. The molecule has 0 aliphatic rings. The number of rotatable bonds is 7. The fraction of sp³-hybridized carbons (Fsp3) is 0.385. The molecule has 1 aromatic heterocycles. The van der Waals surface area contributed by atoms with Gasteiger partial charge in [0.1, 0.15) is 5.82 Å². The molecule has 5 N–H and O–H groups in total. The largest absolute Gasteiger partial charge is 0.401 e. The Hall–Kier alpha value is -2.08. The van der Waals surface area contributed by atoms with E-state index in [1.165, 1.54) is 11.2 Å². The zero-order chi connectivity index (χ0) is 14.3. The van der Waals surface area contributed by atoms with E-state index >= 15 is 0 Å². The molecule has 104 valence electrons. The molecule has 0 aliphatic carbocycles. The molecule has 0 aromatic carbocycles. The summed E-state index contributed by atoms with van der Waals surface area (Å²) in [6, 6.07) is 3.42. The van der Waals surface area contributed by atoms with E-state index in [1.54, 1.807) is 18.3 Å². The monoisotopic (exact) mass is 263 g/mol. The summed E-state index contributed by atoms with van der Waals surface area (Å²) in [5.41, 5.74) is 7.22. The molecule has 1 rings (SSSR count). The second-order valence-corrected chi connectivity index (χ2v) is 4.71. The van der Waals surface area contributed by atoms with Gasteiger partial charge >= 0.3 is 0 Å². The molecule has 0 saturated heterocycles. The van der Waals surface area contributed by atoms with Gasteiger partial charge in [-0.05, 0) is 30.9 Å². The van der Waals surface area contributed by atoms with Crippen LogP contribution in [-0.2, 0) is 4.79 Å². The molecular weight excluding hydrogens is 242 g/mol. The minimum atomic E-state index is 0.559. The maximum atomic E-state index is 10.3. The topological polar surface area (TPSA) is 97.3 Å². The maximum Gasteiger partial charge on any atom is 0.211 e. The summed E-state index contributed by atoms with van der Waals surface area (Å²) in [6.45, 7) is 4.29. The fourth-order valence-corrected chi connectivity index (χ4v) is 1.46. The lowest BCUT2D eigenvalue weighted by atomic mass is 10.1. The van der Waals surface area contributed by atoms with E-state index in [-0.39, 0.29) is 0 Å². The first kappa shape index (κ1) is 15.0. The fourth-order valence-electron chi connectivity index (χ4n) is 1.46. The van der Waals surface area contributed by atoms with Crippen LogP contribution in [0.1, 0.15) is 26.7 Å². The number of aromatic nitrogens is 1. The van der Waals surface area contributed by atoms with Gasteiger partial charge in [-0.15, -0.1) is 0 Å². The molecule has 0 unspecified atom stereocenters. The minimum absolute atomic E-state index is 0.559. The molecule has 0 fully saturated rings. The standard InChI is InChI=1S/C13H21N5O/c1-10(2)3-4-11(14)8-18(15)13-6-5-12(7-16-13)17-9-19/h5-10H,3-4,14-15H2,1-2H3,(H,17,19)/b11-8-. The van der Waals surface area contributed by atoms with Gasteiger partial charge in [-0.2, -0.15) is 0 Å². The summed E-state index contributed by atoms with van der Waals surface area (Å²) < 4.78 is 0. The van der Waals surface area contributed by atoms with Crippen molar-refractivity contribution >= 4 is 17.9 Å². The summed E-state index contributed by atoms with van der Waals surface area (Å²) in [7, 11) is 0. The van der Waals surface area contributed by atoms with Crippen molar-refractivity contribution in [1.29, 1.82) is 0 Å². The molecule has 0 bridgehead atoms. The van der Waals surface area contributed by atoms with Gasteiger partial charge in [-0.1, -0.05) is 13.8 Å². The smallest absolute Gasteiger partial charge is 0.211 e. The van der Waals surface area contributed by atoms with Crippen molar-refractivity contribution in [3.05, 3.63) is 30.2 Å². The van der Waals surface area contributed by atoms with Crippen LogP contribution in [0.3, 0.4) is 0 Å². The van der Waals surface area contributed by atoms with Crippen LogP contribution in [0.25, 0.3) is 0 Å². The zero-order valence-corrected chi connectivity index (χ0v) is 11.3. The number of nitrogens with two attached hydrogens (primary N) is 2. The molecule has 0 saturated carbocycles. The number of nitrogens with zero attached hydrogens (tertiary/aromatic N) is 2. The molecule has 1 heterocycles. The van der Waals surface area contributed by atoms with Gasteiger partial charge in [0, 0.05) is 11.9 Å². The second kappa shape index (κ2) is 7.38. The first-order valence-electron chi connectivity index (χ1n) is 6.19. The average Bonchev–Trinajstić information content (AvgIpc) is 2.37. The van der Waals surface area contributed by atoms with Crippen LogP contribution >= 0.6 is 0 Å². The summed E-state index contributed by atoms with van der Waals surface area (Å²) in [5.74, 6) is 7.01. The molecule has 6 heteroatoms. The number of pyridine rings is 1. The number of nitrogens with one attached hydrogen (secondary N) is 1. The van der Waals surface area contributed by atoms with Gasteiger partial charge in [-0.3, -0.25) is 9.80 Å². The normalized spacial score (nSPS) is 11.5. The predicted molar refractivity (Wildman–Crippen MR) is 76.9 cm³/mol. The molecule has 0 atom stereocenters. The Kier molecular flexibility index (Phi) is 5.81. The number of carbonyl (C=O) groups is 1. The molecule has 0 spiro atoms. The van der Waals surface area contributed by atoms with E-state index in [2.05, 4.69) is 24.1 Å². The van der Waals surface area contributed by atoms with Gasteiger partial charge in [0.15, 0.2) is 0 Å². The first-order chi connectivity index (χ1) is 9.02. The van der Waals surface area contributed by atoms with Crippen LogP contribution in [0.4, 0.5) is 11.5 Å². The quantitative estimate of drug-likeness (QED) is 0.394. The van der Waals surface area contributed by atoms with Crippen molar-refractivity contribution in [3.8, 4) is 0 Å². The lowest BCUT2D eigenvalue weighted by Gasteiger charge is -2.14. The summed E-state index contributed by atoms with van der Waals surface area (Å²) in [4.78, 5) is 14.4. The van der Waals surface area contributed by atoms with Crippen LogP contribution in [-0.4, -0.2) is 11.4 Å². The van der Waals surface area contributed by atoms with Gasteiger partial charge in [0.05, 0.1) is 11.9 Å². The summed E-state index contributed by atoms with van der Waals surface area (Å²) >= 11 is 0. The van der Waals surface area contributed by atoms with E-state index < -0.39 is 0 Å². The van der Waals surface area contributed by atoms with E-state index in [9.17, 15) is 4.79 Å². The highest BCUT2D eigenvalue weighted by Gasteiger charge is 2.02. The highest BCUT2D eigenvalue weighted by atomic mass is 16.1. The Morgan fingerprint density at radius 1 is 1.53 bits per heavy atom. The highest BCUT2D eigenvalue weighted by Crippen LogP contribution is 2.13. The Morgan fingerprint density at radius 3 is 2.79 bits per heavy atom. The van der Waals surface area contributed by atoms with Crippen LogP contribution in [0.15, 0.2) is 30.2 Å². The van der Waals surface area contributed by atoms with Crippen molar-refractivity contribution in [3.63, 3.8) is 0 Å².